The van der Waals surface area contributed by atoms with E-state index in [9.17, 15) is 14.0 Å². The maximum absolute atomic E-state index is 14.2. The second kappa shape index (κ2) is 12.9. The summed E-state index contributed by atoms with van der Waals surface area (Å²) >= 11 is 0. The molecule has 1 unspecified atom stereocenters. The van der Waals surface area contributed by atoms with Gasteiger partial charge in [-0.2, -0.15) is 0 Å². The van der Waals surface area contributed by atoms with E-state index in [1.54, 1.807) is 11.0 Å². The van der Waals surface area contributed by atoms with Crippen LogP contribution in [0.4, 0.5) is 15.8 Å². The number of likely N-dealkylation sites (tertiary alicyclic amines) is 1. The minimum absolute atomic E-state index is 0.0381. The Labute approximate surface area is 247 Å². The molecule has 0 aromatic heterocycles. The third kappa shape index (κ3) is 6.59. The monoisotopic (exact) mass is 570 g/mol. The van der Waals surface area contributed by atoms with Gasteiger partial charge in [0, 0.05) is 75.9 Å². The topological polar surface area (TPSA) is 56.3 Å². The van der Waals surface area contributed by atoms with Crippen LogP contribution in [-0.2, 0) is 11.3 Å². The van der Waals surface area contributed by atoms with Crippen LogP contribution in [0.5, 0.6) is 5.75 Å². The maximum atomic E-state index is 14.2. The average molecular weight is 571 g/mol. The Bertz CT molecular complexity index is 1390. The molecule has 0 N–H and O–H groups in total. The first-order valence-corrected chi connectivity index (χ1v) is 15.2. The lowest BCUT2D eigenvalue weighted by Gasteiger charge is -2.36. The predicted molar refractivity (Wildman–Crippen MR) is 162 cm³/mol. The minimum Gasteiger partial charge on any atom is -0.493 e. The number of carbonyl (C=O) groups is 2. The van der Waals surface area contributed by atoms with E-state index in [2.05, 4.69) is 21.9 Å². The molecule has 3 aromatic carbocycles. The summed E-state index contributed by atoms with van der Waals surface area (Å²) in [4.78, 5) is 33.5. The van der Waals surface area contributed by atoms with Crippen molar-refractivity contribution in [2.75, 3.05) is 62.2 Å². The minimum atomic E-state index is -0.161. The average Bonchev–Trinajstić information content (AvgIpc) is 3.46. The summed E-state index contributed by atoms with van der Waals surface area (Å²) in [6.07, 6.45) is 3.47. The summed E-state index contributed by atoms with van der Waals surface area (Å²) in [6, 6.07) is 22.7. The van der Waals surface area contributed by atoms with Crippen molar-refractivity contribution in [3.63, 3.8) is 0 Å². The number of nitrogens with zero attached hydrogens (tertiary/aromatic N) is 4. The first-order valence-electron chi connectivity index (χ1n) is 15.2. The normalized spacial score (nSPS) is 19.8. The van der Waals surface area contributed by atoms with E-state index < -0.39 is 0 Å². The molecule has 2 amide bonds. The molecule has 1 atom stereocenters. The molecule has 3 aliphatic rings. The molecule has 3 fully saturated rings. The van der Waals surface area contributed by atoms with Crippen LogP contribution >= 0.6 is 0 Å². The van der Waals surface area contributed by atoms with Gasteiger partial charge >= 0.3 is 0 Å². The van der Waals surface area contributed by atoms with E-state index >= 15 is 0 Å². The van der Waals surface area contributed by atoms with Gasteiger partial charge in [-0.25, -0.2) is 4.39 Å². The maximum Gasteiger partial charge on any atom is 0.253 e. The standard InChI is InChI=1S/C34H39FN4O3/c35-31-9-1-2-10-32(31)37-20-18-36(19-21-37)23-26-6-3-8-30(22-26)42-25-27-7-4-16-38(24-27)34(41)28-12-14-29(15-13-28)39-17-5-11-33(39)40/h1-3,6,8-10,12-15,22,27H,4-5,7,11,16-21,23-25H2. The number of anilines is 2. The largest absolute Gasteiger partial charge is 0.493 e. The molecule has 0 bridgehead atoms. The Morgan fingerprint density at radius 1 is 0.881 bits per heavy atom. The number of piperazine rings is 1. The van der Waals surface area contributed by atoms with Crippen molar-refractivity contribution in [1.29, 1.82) is 0 Å². The Morgan fingerprint density at radius 2 is 1.69 bits per heavy atom. The fourth-order valence-corrected chi connectivity index (χ4v) is 6.33. The van der Waals surface area contributed by atoms with Crippen LogP contribution in [0.1, 0.15) is 41.6 Å². The molecule has 3 saturated heterocycles. The Kier molecular flexibility index (Phi) is 8.70. The van der Waals surface area contributed by atoms with Crippen LogP contribution in [0, 0.1) is 11.7 Å². The van der Waals surface area contributed by atoms with Gasteiger partial charge in [-0.15, -0.1) is 0 Å². The number of hydrogen-bond donors (Lipinski definition) is 0. The van der Waals surface area contributed by atoms with Crippen molar-refractivity contribution >= 4 is 23.2 Å². The highest BCUT2D eigenvalue weighted by molar-refractivity contribution is 5.97. The van der Waals surface area contributed by atoms with Gasteiger partial charge in [0.2, 0.25) is 5.91 Å². The van der Waals surface area contributed by atoms with Crippen molar-refractivity contribution in [2.24, 2.45) is 5.92 Å². The second-order valence-electron chi connectivity index (χ2n) is 11.6. The molecule has 6 rings (SSSR count). The van der Waals surface area contributed by atoms with Crippen molar-refractivity contribution in [3.05, 3.63) is 89.7 Å². The van der Waals surface area contributed by atoms with E-state index in [-0.39, 0.29) is 23.5 Å². The van der Waals surface area contributed by atoms with Crippen LogP contribution in [0.25, 0.3) is 0 Å². The zero-order valence-electron chi connectivity index (χ0n) is 24.1. The number of benzene rings is 3. The summed E-state index contributed by atoms with van der Waals surface area (Å²) in [7, 11) is 0. The SMILES string of the molecule is O=C(c1ccc(N2CCCC2=O)cc1)N1CCCC(COc2cccc(CN3CCN(c4ccccc4F)CC3)c2)C1. The molecule has 3 aliphatic heterocycles. The first kappa shape index (κ1) is 28.2. The summed E-state index contributed by atoms with van der Waals surface area (Å²) in [5.41, 5.74) is 3.41. The van der Waals surface area contributed by atoms with Crippen LogP contribution in [0.3, 0.4) is 0 Å². The smallest absolute Gasteiger partial charge is 0.253 e. The highest BCUT2D eigenvalue weighted by Crippen LogP contribution is 2.25. The highest BCUT2D eigenvalue weighted by Gasteiger charge is 2.26. The second-order valence-corrected chi connectivity index (χ2v) is 11.6. The van der Waals surface area contributed by atoms with E-state index in [0.717, 1.165) is 76.5 Å². The van der Waals surface area contributed by atoms with Gasteiger partial charge in [0.15, 0.2) is 0 Å². The summed E-state index contributed by atoms with van der Waals surface area (Å²) in [5.74, 6) is 1.16. The lowest BCUT2D eigenvalue weighted by atomic mass is 9.98. The number of hydrogen-bond acceptors (Lipinski definition) is 5. The molecule has 3 heterocycles. The van der Waals surface area contributed by atoms with Gasteiger partial charge in [-0.3, -0.25) is 14.5 Å². The number of ether oxygens (including phenoxy) is 1. The van der Waals surface area contributed by atoms with E-state index in [1.807, 2.05) is 53.4 Å². The molecule has 7 nitrogen and oxygen atoms in total. The van der Waals surface area contributed by atoms with E-state index in [4.69, 9.17) is 4.74 Å². The van der Waals surface area contributed by atoms with Crippen LogP contribution in [0.2, 0.25) is 0 Å². The summed E-state index contributed by atoms with van der Waals surface area (Å²) in [6.45, 7) is 6.94. The van der Waals surface area contributed by atoms with Gasteiger partial charge < -0.3 is 19.4 Å². The van der Waals surface area contributed by atoms with Gasteiger partial charge in [-0.1, -0.05) is 24.3 Å². The van der Waals surface area contributed by atoms with Crippen molar-refractivity contribution in [2.45, 2.75) is 32.2 Å². The van der Waals surface area contributed by atoms with E-state index in [1.165, 1.54) is 11.6 Å². The Morgan fingerprint density at radius 3 is 2.45 bits per heavy atom. The first-order chi connectivity index (χ1) is 20.5. The van der Waals surface area contributed by atoms with Crippen LogP contribution in [0.15, 0.2) is 72.8 Å². The number of amides is 2. The quantitative estimate of drug-likeness (QED) is 0.373. The molecule has 42 heavy (non-hydrogen) atoms. The third-order valence-electron chi connectivity index (χ3n) is 8.66. The van der Waals surface area contributed by atoms with Gasteiger partial charge in [0.25, 0.3) is 5.91 Å². The fraction of sp³-hybridized carbons (Fsp3) is 0.412. The van der Waals surface area contributed by atoms with Crippen LogP contribution < -0.4 is 14.5 Å². The summed E-state index contributed by atoms with van der Waals surface area (Å²) in [5, 5.41) is 0. The van der Waals surface area contributed by atoms with Crippen molar-refractivity contribution < 1.29 is 18.7 Å². The molecule has 3 aromatic rings. The van der Waals surface area contributed by atoms with Gasteiger partial charge in [0.05, 0.1) is 12.3 Å². The van der Waals surface area contributed by atoms with Gasteiger partial charge in [-0.05, 0) is 73.4 Å². The molecule has 220 valence electrons. The lowest BCUT2D eigenvalue weighted by molar-refractivity contribution is -0.117. The molecule has 0 aliphatic carbocycles. The zero-order valence-corrected chi connectivity index (χ0v) is 24.1. The number of piperidine rings is 1. The highest BCUT2D eigenvalue weighted by atomic mass is 19.1. The molecule has 8 heteroatoms. The fourth-order valence-electron chi connectivity index (χ4n) is 6.33. The zero-order chi connectivity index (χ0) is 28.9. The number of halogens is 1. The van der Waals surface area contributed by atoms with Gasteiger partial charge in [0.1, 0.15) is 11.6 Å². The molecule has 0 radical (unpaired) electrons. The van der Waals surface area contributed by atoms with Crippen molar-refractivity contribution in [3.8, 4) is 5.75 Å². The van der Waals surface area contributed by atoms with Crippen molar-refractivity contribution in [1.82, 2.24) is 9.80 Å². The third-order valence-corrected chi connectivity index (χ3v) is 8.66. The lowest BCUT2D eigenvalue weighted by Crippen LogP contribution is -2.46. The Hall–Kier alpha value is -3.91. The Balaban J connectivity index is 0.980. The predicted octanol–water partition coefficient (Wildman–Crippen LogP) is 5.21. The number of rotatable bonds is 8. The van der Waals surface area contributed by atoms with E-state index in [0.29, 0.717) is 30.8 Å². The molecule has 0 spiro atoms. The number of para-hydroxylation sites is 1. The van der Waals surface area contributed by atoms with Crippen LogP contribution in [-0.4, -0.2) is 74.0 Å². The summed E-state index contributed by atoms with van der Waals surface area (Å²) < 4.78 is 20.4. The molecular weight excluding hydrogens is 531 g/mol. The molecular formula is C34H39FN4O3. The number of carbonyl (C=O) groups excluding carboxylic acids is 2. The molecule has 0 saturated carbocycles.